The summed E-state index contributed by atoms with van der Waals surface area (Å²) in [6.45, 7) is 3.86. The number of phenolic OH excluding ortho intramolecular Hbond substituents is 1. The van der Waals surface area contributed by atoms with Gasteiger partial charge in [-0.2, -0.15) is 0 Å². The number of ether oxygens (including phenoxy) is 1. The van der Waals surface area contributed by atoms with Crippen molar-refractivity contribution in [2.24, 2.45) is 11.3 Å². The zero-order chi connectivity index (χ0) is 23.8. The number of nitrogens with zero attached hydrogens (tertiary/aromatic N) is 3. The minimum atomic E-state index is -0.0516. The number of amides is 1. The van der Waals surface area contributed by atoms with Crippen LogP contribution in [0.5, 0.6) is 11.5 Å². The number of fused-ring (bicyclic) bond motifs is 5. The molecule has 2 spiro atoms. The Bertz CT molecular complexity index is 1130. The summed E-state index contributed by atoms with van der Waals surface area (Å²) in [6, 6.07) is 5.97. The Morgan fingerprint density at radius 3 is 2.58 bits per heavy atom. The van der Waals surface area contributed by atoms with Crippen LogP contribution >= 0.6 is 0 Å². The maximum Gasteiger partial charge on any atom is 0.237 e. The van der Waals surface area contributed by atoms with Crippen LogP contribution < -0.4 is 4.74 Å². The maximum atomic E-state index is 14.0. The first-order chi connectivity index (χ1) is 17.6. The van der Waals surface area contributed by atoms with Crippen LogP contribution in [0.3, 0.4) is 0 Å². The highest BCUT2D eigenvalue weighted by Crippen LogP contribution is 2.71. The first-order valence-electron chi connectivity index (χ1n) is 14.9. The van der Waals surface area contributed by atoms with Gasteiger partial charge in [-0.1, -0.05) is 6.07 Å². The summed E-state index contributed by atoms with van der Waals surface area (Å²) in [4.78, 5) is 21.7. The number of carbonyl (C=O) groups is 1. The lowest BCUT2D eigenvalue weighted by Gasteiger charge is -2.66. The molecule has 1 N–H and O–H groups in total. The van der Waals surface area contributed by atoms with Gasteiger partial charge in [0.05, 0.1) is 12.6 Å². The number of phenols is 1. The van der Waals surface area contributed by atoms with Gasteiger partial charge in [-0.3, -0.25) is 14.6 Å². The molecule has 36 heavy (non-hydrogen) atoms. The zero-order valence-electron chi connectivity index (χ0n) is 21.3. The summed E-state index contributed by atoms with van der Waals surface area (Å²) in [6.07, 6.45) is 13.4. The molecule has 0 aromatic heterocycles. The van der Waals surface area contributed by atoms with Gasteiger partial charge < -0.3 is 14.7 Å². The van der Waals surface area contributed by atoms with Gasteiger partial charge in [0.1, 0.15) is 6.10 Å². The fourth-order valence-corrected chi connectivity index (χ4v) is 10.8. The van der Waals surface area contributed by atoms with Crippen LogP contribution in [0, 0.1) is 11.3 Å². The highest BCUT2D eigenvalue weighted by Gasteiger charge is 2.74. The van der Waals surface area contributed by atoms with Crippen LogP contribution in [-0.4, -0.2) is 82.2 Å². The molecular formula is C30H39N3O3. The molecule has 0 unspecified atom stereocenters. The van der Waals surface area contributed by atoms with Crippen LogP contribution in [0.25, 0.3) is 0 Å². The standard InChI is InChI=1S/C30H39N3O3/c34-23-8-3-19-15-24-29-10-9-22(32(14-11-29)25(35)17-33-20-4-5-21(33)7-6-20)28-30(29,26(19)27(23)36-28)12-13-31(24)16-18-1-2-18/h3,8,18,20-22,24,28,34H,1-2,4-7,9-17H2/t20?,21?,22-,24+,28+,29-,30-/m1/s1. The van der Waals surface area contributed by atoms with E-state index in [1.54, 1.807) is 0 Å². The molecule has 3 aliphatic carbocycles. The molecule has 2 saturated carbocycles. The number of piperidine rings is 1. The molecule has 6 heteroatoms. The molecule has 6 heterocycles. The van der Waals surface area contributed by atoms with Gasteiger partial charge in [0.2, 0.25) is 5.91 Å². The number of likely N-dealkylation sites (tertiary alicyclic amines) is 1. The van der Waals surface area contributed by atoms with Gasteiger partial charge >= 0.3 is 0 Å². The molecule has 192 valence electrons. The average molecular weight is 490 g/mol. The van der Waals surface area contributed by atoms with Crippen molar-refractivity contribution in [1.82, 2.24) is 14.7 Å². The zero-order valence-corrected chi connectivity index (χ0v) is 21.3. The number of carbonyl (C=O) groups excluding carboxylic acids is 1. The molecule has 5 saturated heterocycles. The SMILES string of the molecule is O=C(CN1C2CCC1CC2)N1CC[C@@]23CC[C@@H]1[C@@H]1Oc4c(O)ccc5c4[C@]12CCN(CC1CC1)[C@H]3C5. The van der Waals surface area contributed by atoms with Gasteiger partial charge in [0, 0.05) is 47.6 Å². The Balaban J connectivity index is 1.14. The van der Waals surface area contributed by atoms with Gasteiger partial charge in [-0.25, -0.2) is 0 Å². The van der Waals surface area contributed by atoms with E-state index < -0.39 is 0 Å². The summed E-state index contributed by atoms with van der Waals surface area (Å²) in [5.41, 5.74) is 2.84. The molecule has 7 fully saturated rings. The molecule has 9 aliphatic rings. The second kappa shape index (κ2) is 6.99. The Kier molecular flexibility index (Phi) is 4.11. The quantitative estimate of drug-likeness (QED) is 0.702. The van der Waals surface area contributed by atoms with E-state index in [4.69, 9.17) is 4.74 Å². The van der Waals surface area contributed by atoms with E-state index in [0.717, 1.165) is 50.4 Å². The molecule has 5 atom stereocenters. The first kappa shape index (κ1) is 21.2. The molecule has 1 amide bonds. The Labute approximate surface area is 213 Å². The Hall–Kier alpha value is -1.79. The third kappa shape index (κ3) is 2.45. The van der Waals surface area contributed by atoms with Crippen LogP contribution in [0.15, 0.2) is 12.1 Å². The molecule has 1 aromatic rings. The maximum absolute atomic E-state index is 14.0. The van der Waals surface area contributed by atoms with Crippen molar-refractivity contribution in [3.05, 3.63) is 23.3 Å². The largest absolute Gasteiger partial charge is 0.504 e. The normalized spacial score (nSPS) is 44.0. The topological polar surface area (TPSA) is 56.3 Å². The minimum absolute atomic E-state index is 0.0130. The Morgan fingerprint density at radius 2 is 1.81 bits per heavy atom. The number of aromatic hydroxyl groups is 1. The van der Waals surface area contributed by atoms with Gasteiger partial charge in [-0.05, 0) is 94.7 Å². The average Bonchev–Trinajstić information content (AvgIpc) is 3.49. The van der Waals surface area contributed by atoms with E-state index in [1.807, 2.05) is 6.07 Å². The molecule has 0 radical (unpaired) electrons. The number of hydrogen-bond donors (Lipinski definition) is 1. The lowest BCUT2D eigenvalue weighted by atomic mass is 9.42. The predicted octanol–water partition coefficient (Wildman–Crippen LogP) is 3.44. The summed E-state index contributed by atoms with van der Waals surface area (Å²) >= 11 is 0. The van der Waals surface area contributed by atoms with Crippen molar-refractivity contribution in [2.45, 2.75) is 106 Å². The first-order valence-corrected chi connectivity index (χ1v) is 14.9. The smallest absolute Gasteiger partial charge is 0.237 e. The molecule has 1 aromatic carbocycles. The van der Waals surface area contributed by atoms with Crippen molar-refractivity contribution in [3.8, 4) is 11.5 Å². The number of benzene rings is 1. The van der Waals surface area contributed by atoms with Crippen LogP contribution in [0.4, 0.5) is 0 Å². The van der Waals surface area contributed by atoms with Crippen LogP contribution in [-0.2, 0) is 16.6 Å². The minimum Gasteiger partial charge on any atom is -0.504 e. The lowest BCUT2D eigenvalue weighted by Crippen LogP contribution is -2.72. The molecule has 6 aliphatic heterocycles. The fourth-order valence-electron chi connectivity index (χ4n) is 10.8. The van der Waals surface area contributed by atoms with Gasteiger partial charge in [-0.15, -0.1) is 0 Å². The molecular weight excluding hydrogens is 450 g/mol. The van der Waals surface area contributed by atoms with Gasteiger partial charge in [0.15, 0.2) is 11.5 Å². The van der Waals surface area contributed by atoms with E-state index >= 15 is 0 Å². The second-order valence-electron chi connectivity index (χ2n) is 13.6. The fraction of sp³-hybridized carbons (Fsp3) is 0.767. The molecule has 6 bridgehead atoms. The van der Waals surface area contributed by atoms with Crippen molar-refractivity contribution < 1.29 is 14.6 Å². The second-order valence-corrected chi connectivity index (χ2v) is 13.6. The summed E-state index contributed by atoms with van der Waals surface area (Å²) in [7, 11) is 0. The lowest BCUT2D eigenvalue weighted by molar-refractivity contribution is -0.145. The third-order valence-electron chi connectivity index (χ3n) is 12.4. The number of hydrogen-bond acceptors (Lipinski definition) is 5. The van der Waals surface area contributed by atoms with E-state index in [0.29, 0.717) is 36.3 Å². The van der Waals surface area contributed by atoms with E-state index in [1.165, 1.54) is 62.6 Å². The van der Waals surface area contributed by atoms with Crippen LogP contribution in [0.1, 0.15) is 75.3 Å². The summed E-state index contributed by atoms with van der Waals surface area (Å²) in [5, 5.41) is 11.0. The van der Waals surface area contributed by atoms with Crippen LogP contribution in [0.2, 0.25) is 0 Å². The van der Waals surface area contributed by atoms with Gasteiger partial charge in [0.25, 0.3) is 0 Å². The highest BCUT2D eigenvalue weighted by atomic mass is 16.5. The Morgan fingerprint density at radius 1 is 1.00 bits per heavy atom. The number of rotatable bonds is 4. The predicted molar refractivity (Wildman–Crippen MR) is 135 cm³/mol. The van der Waals surface area contributed by atoms with Crippen molar-refractivity contribution in [2.75, 3.05) is 26.2 Å². The van der Waals surface area contributed by atoms with Crippen molar-refractivity contribution in [3.63, 3.8) is 0 Å². The van der Waals surface area contributed by atoms with E-state index in [9.17, 15) is 9.90 Å². The summed E-state index contributed by atoms with van der Waals surface area (Å²) in [5.74, 6) is 2.28. The van der Waals surface area contributed by atoms with Crippen molar-refractivity contribution >= 4 is 5.91 Å². The van der Waals surface area contributed by atoms with E-state index in [-0.39, 0.29) is 23.0 Å². The van der Waals surface area contributed by atoms with E-state index in [2.05, 4.69) is 20.8 Å². The summed E-state index contributed by atoms with van der Waals surface area (Å²) < 4.78 is 6.88. The third-order valence-corrected chi connectivity index (χ3v) is 12.4. The van der Waals surface area contributed by atoms with Crippen molar-refractivity contribution in [1.29, 1.82) is 0 Å². The molecule has 10 rings (SSSR count). The molecule has 6 nitrogen and oxygen atoms in total. The highest BCUT2D eigenvalue weighted by molar-refractivity contribution is 5.79. The monoisotopic (exact) mass is 489 g/mol.